The van der Waals surface area contributed by atoms with E-state index in [-0.39, 0.29) is 11.9 Å². The topological polar surface area (TPSA) is 79.5 Å². The summed E-state index contributed by atoms with van der Waals surface area (Å²) >= 11 is 0. The van der Waals surface area contributed by atoms with Gasteiger partial charge in [0.2, 0.25) is 5.91 Å². The second-order valence-electron chi connectivity index (χ2n) is 5.18. The molecule has 126 valence electrons. The predicted molar refractivity (Wildman–Crippen MR) is 94.5 cm³/mol. The van der Waals surface area contributed by atoms with Crippen LogP contribution in [0.2, 0.25) is 0 Å². The van der Waals surface area contributed by atoms with Crippen molar-refractivity contribution in [3.05, 3.63) is 54.1 Å². The third kappa shape index (κ3) is 5.31. The first-order valence-electron chi connectivity index (χ1n) is 7.62. The van der Waals surface area contributed by atoms with Crippen molar-refractivity contribution in [3.63, 3.8) is 0 Å². The van der Waals surface area contributed by atoms with Crippen LogP contribution in [0.3, 0.4) is 0 Å². The van der Waals surface area contributed by atoms with Crippen molar-refractivity contribution in [1.29, 1.82) is 0 Å². The summed E-state index contributed by atoms with van der Waals surface area (Å²) in [6.07, 6.45) is 0.986. The number of hydrogen-bond donors (Lipinski definition) is 3. The number of amides is 3. The Morgan fingerprint density at radius 2 is 1.71 bits per heavy atom. The van der Waals surface area contributed by atoms with Gasteiger partial charge in [-0.25, -0.2) is 4.79 Å². The highest BCUT2D eigenvalue weighted by atomic mass is 16.5. The molecule has 3 N–H and O–H groups in total. The lowest BCUT2D eigenvalue weighted by atomic mass is 10.1. The van der Waals surface area contributed by atoms with Gasteiger partial charge < -0.3 is 20.7 Å². The largest absolute Gasteiger partial charge is 0.497 e. The highest BCUT2D eigenvalue weighted by Gasteiger charge is 2.05. The lowest BCUT2D eigenvalue weighted by Crippen LogP contribution is -2.24. The van der Waals surface area contributed by atoms with Crippen molar-refractivity contribution < 1.29 is 14.3 Å². The van der Waals surface area contributed by atoms with Gasteiger partial charge in [0, 0.05) is 24.8 Å². The van der Waals surface area contributed by atoms with E-state index in [1.165, 1.54) is 0 Å². The first-order chi connectivity index (χ1) is 11.6. The summed E-state index contributed by atoms with van der Waals surface area (Å²) < 4.78 is 5.17. The molecule has 0 aliphatic carbocycles. The Bertz CT molecular complexity index is 716. The molecular formula is C18H21N3O3. The Labute approximate surface area is 141 Å². The van der Waals surface area contributed by atoms with Crippen LogP contribution in [-0.4, -0.2) is 26.1 Å². The number of rotatable bonds is 6. The average molecular weight is 327 g/mol. The molecule has 6 nitrogen and oxygen atoms in total. The number of anilines is 2. The summed E-state index contributed by atoms with van der Waals surface area (Å²) in [4.78, 5) is 23.4. The normalized spacial score (nSPS) is 9.92. The lowest BCUT2D eigenvalue weighted by molar-refractivity contribution is -0.116. The monoisotopic (exact) mass is 327 g/mol. The van der Waals surface area contributed by atoms with Crippen LogP contribution in [0.5, 0.6) is 5.75 Å². The van der Waals surface area contributed by atoms with E-state index in [1.54, 1.807) is 38.4 Å². The average Bonchev–Trinajstić information content (AvgIpc) is 2.60. The molecule has 3 amide bonds. The number of hydrogen-bond acceptors (Lipinski definition) is 3. The molecule has 0 heterocycles. The molecule has 0 spiro atoms. The molecule has 0 unspecified atom stereocenters. The first kappa shape index (κ1) is 17.3. The molecule has 0 aliphatic rings. The van der Waals surface area contributed by atoms with E-state index in [2.05, 4.69) is 16.0 Å². The molecule has 0 fully saturated rings. The molecule has 2 rings (SSSR count). The number of urea groups is 1. The van der Waals surface area contributed by atoms with Crippen LogP contribution in [0.15, 0.2) is 48.5 Å². The smallest absolute Gasteiger partial charge is 0.318 e. The summed E-state index contributed by atoms with van der Waals surface area (Å²) in [6, 6.07) is 14.3. The molecular weight excluding hydrogens is 306 g/mol. The van der Waals surface area contributed by atoms with E-state index in [0.29, 0.717) is 24.2 Å². The summed E-state index contributed by atoms with van der Waals surface area (Å²) in [7, 11) is 3.16. The SMILES string of the molecule is CNC(=O)Nc1cccc(NC(=O)CCc2cccc(OC)c2)c1. The second kappa shape index (κ2) is 8.57. The van der Waals surface area contributed by atoms with Crippen molar-refractivity contribution >= 4 is 23.3 Å². The van der Waals surface area contributed by atoms with Gasteiger partial charge >= 0.3 is 6.03 Å². The molecule has 0 atom stereocenters. The van der Waals surface area contributed by atoms with Gasteiger partial charge in [-0.1, -0.05) is 18.2 Å². The number of benzene rings is 2. The fourth-order valence-corrected chi connectivity index (χ4v) is 2.18. The van der Waals surface area contributed by atoms with Crippen molar-refractivity contribution in [2.45, 2.75) is 12.8 Å². The van der Waals surface area contributed by atoms with E-state index >= 15 is 0 Å². The van der Waals surface area contributed by atoms with Gasteiger partial charge in [-0.15, -0.1) is 0 Å². The molecule has 6 heteroatoms. The van der Waals surface area contributed by atoms with Crippen LogP contribution in [0.1, 0.15) is 12.0 Å². The molecule has 0 radical (unpaired) electrons. The number of methoxy groups -OCH3 is 1. The third-order valence-electron chi connectivity index (χ3n) is 3.41. The van der Waals surface area contributed by atoms with E-state index in [0.717, 1.165) is 11.3 Å². The number of carbonyl (C=O) groups excluding carboxylic acids is 2. The van der Waals surface area contributed by atoms with Gasteiger partial charge in [-0.2, -0.15) is 0 Å². The third-order valence-corrected chi connectivity index (χ3v) is 3.41. The van der Waals surface area contributed by atoms with Gasteiger partial charge in [0.25, 0.3) is 0 Å². The van der Waals surface area contributed by atoms with Gasteiger partial charge in [0.15, 0.2) is 0 Å². The fourth-order valence-electron chi connectivity index (χ4n) is 2.18. The maximum atomic E-state index is 12.1. The molecule has 0 saturated heterocycles. The van der Waals surface area contributed by atoms with Crippen LogP contribution in [-0.2, 0) is 11.2 Å². The Hall–Kier alpha value is -3.02. The van der Waals surface area contributed by atoms with Crippen LogP contribution in [0, 0.1) is 0 Å². The van der Waals surface area contributed by atoms with E-state index in [4.69, 9.17) is 4.74 Å². The Kier molecular flexibility index (Phi) is 6.19. The van der Waals surface area contributed by atoms with Crippen LogP contribution >= 0.6 is 0 Å². The summed E-state index contributed by atoms with van der Waals surface area (Å²) in [6.45, 7) is 0. The summed E-state index contributed by atoms with van der Waals surface area (Å²) in [5.74, 6) is 0.691. The minimum atomic E-state index is -0.309. The molecule has 0 aliphatic heterocycles. The second-order valence-corrected chi connectivity index (χ2v) is 5.18. The quantitative estimate of drug-likeness (QED) is 0.763. The zero-order chi connectivity index (χ0) is 17.4. The maximum absolute atomic E-state index is 12.1. The predicted octanol–water partition coefficient (Wildman–Crippen LogP) is 3.02. The van der Waals surface area contributed by atoms with E-state index < -0.39 is 0 Å². The van der Waals surface area contributed by atoms with Gasteiger partial charge in [0.05, 0.1) is 7.11 Å². The Morgan fingerprint density at radius 3 is 2.42 bits per heavy atom. The maximum Gasteiger partial charge on any atom is 0.318 e. The zero-order valence-corrected chi connectivity index (χ0v) is 13.8. The first-order valence-corrected chi connectivity index (χ1v) is 7.62. The molecule has 2 aromatic rings. The molecule has 0 bridgehead atoms. The van der Waals surface area contributed by atoms with Gasteiger partial charge in [-0.3, -0.25) is 4.79 Å². The summed E-state index contributed by atoms with van der Waals surface area (Å²) in [5.41, 5.74) is 2.29. The molecule has 0 aromatic heterocycles. The summed E-state index contributed by atoms with van der Waals surface area (Å²) in [5, 5.41) is 7.96. The number of ether oxygens (including phenoxy) is 1. The molecule has 2 aromatic carbocycles. The fraction of sp³-hybridized carbons (Fsp3) is 0.222. The van der Waals surface area contributed by atoms with Crippen molar-refractivity contribution in [1.82, 2.24) is 5.32 Å². The van der Waals surface area contributed by atoms with E-state index in [9.17, 15) is 9.59 Å². The van der Waals surface area contributed by atoms with Gasteiger partial charge in [-0.05, 0) is 42.3 Å². The highest BCUT2D eigenvalue weighted by molar-refractivity contribution is 5.93. The number of aryl methyl sites for hydroxylation is 1. The zero-order valence-electron chi connectivity index (χ0n) is 13.8. The van der Waals surface area contributed by atoms with Crippen molar-refractivity contribution in [2.24, 2.45) is 0 Å². The lowest BCUT2D eigenvalue weighted by Gasteiger charge is -2.09. The van der Waals surface area contributed by atoms with Crippen LogP contribution in [0.25, 0.3) is 0 Å². The van der Waals surface area contributed by atoms with Crippen LogP contribution in [0.4, 0.5) is 16.2 Å². The number of carbonyl (C=O) groups is 2. The van der Waals surface area contributed by atoms with Crippen molar-refractivity contribution in [3.8, 4) is 5.75 Å². The van der Waals surface area contributed by atoms with Crippen LogP contribution < -0.4 is 20.7 Å². The van der Waals surface area contributed by atoms with Crippen molar-refractivity contribution in [2.75, 3.05) is 24.8 Å². The Morgan fingerprint density at radius 1 is 1.00 bits per heavy atom. The molecule has 24 heavy (non-hydrogen) atoms. The number of nitrogens with one attached hydrogen (secondary N) is 3. The Balaban J connectivity index is 1.90. The minimum Gasteiger partial charge on any atom is -0.497 e. The highest BCUT2D eigenvalue weighted by Crippen LogP contribution is 2.17. The standard InChI is InChI=1S/C18H21N3O3/c1-19-18(23)21-15-7-4-6-14(12-15)20-17(22)10-9-13-5-3-8-16(11-13)24-2/h3-8,11-12H,9-10H2,1-2H3,(H,20,22)(H2,19,21,23). The van der Waals surface area contributed by atoms with E-state index in [1.807, 2.05) is 24.3 Å². The molecule has 0 saturated carbocycles. The van der Waals surface area contributed by atoms with Gasteiger partial charge in [0.1, 0.15) is 5.75 Å². The minimum absolute atomic E-state index is 0.0880.